The summed E-state index contributed by atoms with van der Waals surface area (Å²) in [6.45, 7) is 2.11. The first-order valence-electron chi connectivity index (χ1n) is 8.72. The van der Waals surface area contributed by atoms with E-state index in [1.165, 1.54) is 16.3 Å². The summed E-state index contributed by atoms with van der Waals surface area (Å²) in [7, 11) is 1.85. The van der Waals surface area contributed by atoms with Gasteiger partial charge in [-0.3, -0.25) is 4.79 Å². The van der Waals surface area contributed by atoms with Gasteiger partial charge >= 0.3 is 0 Å². The van der Waals surface area contributed by atoms with Crippen molar-refractivity contribution in [2.45, 2.75) is 25.3 Å². The maximum Gasteiger partial charge on any atom is 0.239 e. The Hall–Kier alpha value is -1.91. The molecule has 2 N–H and O–H groups in total. The van der Waals surface area contributed by atoms with Gasteiger partial charge in [-0.05, 0) is 41.5 Å². The number of amides is 1. The first kappa shape index (κ1) is 16.9. The van der Waals surface area contributed by atoms with E-state index in [4.69, 9.17) is 10.5 Å². The van der Waals surface area contributed by atoms with Gasteiger partial charge in [-0.15, -0.1) is 0 Å². The minimum absolute atomic E-state index is 0.0436. The lowest BCUT2D eigenvalue weighted by atomic mass is 9.91. The van der Waals surface area contributed by atoms with Crippen molar-refractivity contribution in [1.82, 2.24) is 4.90 Å². The van der Waals surface area contributed by atoms with E-state index in [-0.39, 0.29) is 11.8 Å². The Morgan fingerprint density at radius 1 is 1.21 bits per heavy atom. The number of carbonyl (C=O) groups is 1. The molecule has 1 unspecified atom stereocenters. The molecule has 1 heterocycles. The molecule has 1 aliphatic heterocycles. The fourth-order valence-corrected chi connectivity index (χ4v) is 3.44. The molecule has 4 heteroatoms. The summed E-state index contributed by atoms with van der Waals surface area (Å²) in [6.07, 6.45) is 2.60. The average molecular weight is 326 g/mol. The van der Waals surface area contributed by atoms with Gasteiger partial charge in [0.15, 0.2) is 0 Å². The molecule has 0 saturated carbocycles. The number of likely N-dealkylation sites (N-methyl/N-ethyl adjacent to an activating group) is 1. The zero-order valence-electron chi connectivity index (χ0n) is 14.3. The quantitative estimate of drug-likeness (QED) is 0.919. The van der Waals surface area contributed by atoms with Crippen molar-refractivity contribution < 1.29 is 9.53 Å². The SMILES string of the molecule is CN(CCc1cccc2ccccc12)C(=O)C(N)C1CCOCC1. The monoisotopic (exact) mass is 326 g/mol. The van der Waals surface area contributed by atoms with Crippen molar-refractivity contribution in [2.75, 3.05) is 26.8 Å². The smallest absolute Gasteiger partial charge is 0.239 e. The van der Waals surface area contributed by atoms with Crippen LogP contribution in [0, 0.1) is 5.92 Å². The number of hydrogen-bond acceptors (Lipinski definition) is 3. The van der Waals surface area contributed by atoms with Crippen LogP contribution < -0.4 is 5.73 Å². The van der Waals surface area contributed by atoms with Crippen molar-refractivity contribution in [1.29, 1.82) is 0 Å². The predicted molar refractivity (Wildman–Crippen MR) is 96.8 cm³/mol. The number of benzene rings is 2. The lowest BCUT2D eigenvalue weighted by Crippen LogP contribution is -2.48. The van der Waals surface area contributed by atoms with Crippen LogP contribution in [0.3, 0.4) is 0 Å². The number of carbonyl (C=O) groups excluding carboxylic acids is 1. The first-order valence-corrected chi connectivity index (χ1v) is 8.72. The molecule has 4 nitrogen and oxygen atoms in total. The molecule has 0 bridgehead atoms. The summed E-state index contributed by atoms with van der Waals surface area (Å²) in [5.74, 6) is 0.286. The second kappa shape index (κ2) is 7.77. The van der Waals surface area contributed by atoms with Crippen molar-refractivity contribution in [2.24, 2.45) is 11.7 Å². The minimum Gasteiger partial charge on any atom is -0.381 e. The molecule has 0 aliphatic carbocycles. The first-order chi connectivity index (χ1) is 11.7. The van der Waals surface area contributed by atoms with Gasteiger partial charge in [-0.1, -0.05) is 42.5 Å². The van der Waals surface area contributed by atoms with E-state index in [1.54, 1.807) is 4.90 Å². The van der Waals surface area contributed by atoms with E-state index >= 15 is 0 Å². The molecule has 24 heavy (non-hydrogen) atoms. The number of fused-ring (bicyclic) bond motifs is 1. The van der Waals surface area contributed by atoms with E-state index in [9.17, 15) is 4.79 Å². The van der Waals surface area contributed by atoms with Crippen LogP contribution in [-0.2, 0) is 16.0 Å². The average Bonchev–Trinajstić information content (AvgIpc) is 2.65. The molecule has 0 spiro atoms. The van der Waals surface area contributed by atoms with E-state index in [1.807, 2.05) is 7.05 Å². The van der Waals surface area contributed by atoms with Gasteiger partial charge in [0.1, 0.15) is 0 Å². The van der Waals surface area contributed by atoms with Crippen LogP contribution in [0.15, 0.2) is 42.5 Å². The molecule has 1 fully saturated rings. The van der Waals surface area contributed by atoms with E-state index < -0.39 is 6.04 Å². The highest BCUT2D eigenvalue weighted by Crippen LogP contribution is 2.20. The fraction of sp³-hybridized carbons (Fsp3) is 0.450. The van der Waals surface area contributed by atoms with Crippen LogP contribution >= 0.6 is 0 Å². The number of nitrogens with two attached hydrogens (primary N) is 1. The summed E-state index contributed by atoms with van der Waals surface area (Å²) < 4.78 is 5.36. The highest BCUT2D eigenvalue weighted by molar-refractivity contribution is 5.86. The summed E-state index contributed by atoms with van der Waals surface area (Å²) in [5, 5.41) is 2.50. The van der Waals surface area contributed by atoms with Gasteiger partial charge in [0, 0.05) is 26.8 Å². The van der Waals surface area contributed by atoms with Gasteiger partial charge < -0.3 is 15.4 Å². The van der Waals surface area contributed by atoms with Gasteiger partial charge in [0.2, 0.25) is 5.91 Å². The Kier molecular flexibility index (Phi) is 5.48. The summed E-state index contributed by atoms with van der Waals surface area (Å²) in [6, 6.07) is 14.3. The second-order valence-corrected chi connectivity index (χ2v) is 6.62. The fourth-order valence-electron chi connectivity index (χ4n) is 3.44. The molecule has 2 aromatic rings. The van der Waals surface area contributed by atoms with Crippen LogP contribution in [0.1, 0.15) is 18.4 Å². The lowest BCUT2D eigenvalue weighted by molar-refractivity contribution is -0.133. The Morgan fingerprint density at radius 3 is 2.71 bits per heavy atom. The van der Waals surface area contributed by atoms with Gasteiger partial charge in [-0.25, -0.2) is 0 Å². The number of ether oxygens (including phenoxy) is 1. The van der Waals surface area contributed by atoms with Crippen molar-refractivity contribution >= 4 is 16.7 Å². The third kappa shape index (κ3) is 3.77. The van der Waals surface area contributed by atoms with E-state index in [0.29, 0.717) is 19.8 Å². The molecular weight excluding hydrogens is 300 g/mol. The highest BCUT2D eigenvalue weighted by Gasteiger charge is 2.28. The van der Waals surface area contributed by atoms with Crippen LogP contribution in [0.2, 0.25) is 0 Å². The zero-order valence-corrected chi connectivity index (χ0v) is 14.3. The number of rotatable bonds is 5. The summed E-state index contributed by atoms with van der Waals surface area (Å²) in [5.41, 5.74) is 7.48. The van der Waals surface area contributed by atoms with Crippen LogP contribution in [0.25, 0.3) is 10.8 Å². The minimum atomic E-state index is -0.411. The molecule has 1 saturated heterocycles. The van der Waals surface area contributed by atoms with Gasteiger partial charge in [-0.2, -0.15) is 0 Å². The Morgan fingerprint density at radius 2 is 1.92 bits per heavy atom. The number of hydrogen-bond donors (Lipinski definition) is 1. The Labute approximate surface area is 143 Å². The highest BCUT2D eigenvalue weighted by atomic mass is 16.5. The molecule has 0 aromatic heterocycles. The van der Waals surface area contributed by atoms with Crippen LogP contribution in [0.4, 0.5) is 0 Å². The predicted octanol–water partition coefficient (Wildman–Crippen LogP) is 2.59. The van der Waals surface area contributed by atoms with Crippen molar-refractivity contribution in [3.8, 4) is 0 Å². The third-order valence-corrected chi connectivity index (χ3v) is 5.03. The lowest BCUT2D eigenvalue weighted by Gasteiger charge is -2.30. The second-order valence-electron chi connectivity index (χ2n) is 6.62. The number of nitrogens with zero attached hydrogens (tertiary/aromatic N) is 1. The third-order valence-electron chi connectivity index (χ3n) is 5.03. The van der Waals surface area contributed by atoms with E-state index in [0.717, 1.165) is 19.3 Å². The molecule has 1 amide bonds. The molecule has 2 aromatic carbocycles. The van der Waals surface area contributed by atoms with Crippen LogP contribution in [-0.4, -0.2) is 43.7 Å². The maximum absolute atomic E-state index is 12.6. The molecule has 1 aliphatic rings. The zero-order chi connectivity index (χ0) is 16.9. The summed E-state index contributed by atoms with van der Waals surface area (Å²) in [4.78, 5) is 14.4. The molecule has 128 valence electrons. The Balaban J connectivity index is 1.61. The summed E-state index contributed by atoms with van der Waals surface area (Å²) >= 11 is 0. The maximum atomic E-state index is 12.6. The Bertz CT molecular complexity index is 690. The van der Waals surface area contributed by atoms with E-state index in [2.05, 4.69) is 42.5 Å². The molecule has 1 atom stereocenters. The normalized spacial score (nSPS) is 16.9. The molecule has 3 rings (SSSR count). The topological polar surface area (TPSA) is 55.6 Å². The molecule has 0 radical (unpaired) electrons. The van der Waals surface area contributed by atoms with Crippen molar-refractivity contribution in [3.63, 3.8) is 0 Å². The van der Waals surface area contributed by atoms with Gasteiger partial charge in [0.05, 0.1) is 6.04 Å². The van der Waals surface area contributed by atoms with Crippen molar-refractivity contribution in [3.05, 3.63) is 48.0 Å². The van der Waals surface area contributed by atoms with Crippen LogP contribution in [0.5, 0.6) is 0 Å². The molecular formula is C20H26N2O2. The standard InChI is InChI=1S/C20H26N2O2/c1-22(20(23)19(21)17-10-13-24-14-11-17)12-9-16-7-4-6-15-5-2-3-8-18(15)16/h2-8,17,19H,9-14,21H2,1H3. The van der Waals surface area contributed by atoms with Gasteiger partial charge in [0.25, 0.3) is 0 Å². The largest absolute Gasteiger partial charge is 0.381 e.